The molecule has 2 fully saturated rings. The van der Waals surface area contributed by atoms with Crippen molar-refractivity contribution in [2.75, 3.05) is 40.1 Å². The SMILES string of the molecule is CCOC(=O)C(OC[C@H]1O[C@@H](n2ccc(=O)n(C(OC)OCC)c2=O)[C@@H]2OC(C)(C)O[C@@H]21)P(=O)(OCC)OCC. The maximum Gasteiger partial charge on any atom is 0.370 e. The molecule has 2 saturated heterocycles. The maximum absolute atomic E-state index is 13.4. The van der Waals surface area contributed by atoms with Gasteiger partial charge in [0.05, 0.1) is 26.4 Å². The molecule has 228 valence electrons. The second-order valence-corrected chi connectivity index (χ2v) is 11.2. The molecule has 3 heterocycles. The van der Waals surface area contributed by atoms with Gasteiger partial charge in [-0.15, -0.1) is 0 Å². The number of aromatic nitrogens is 2. The van der Waals surface area contributed by atoms with Crippen LogP contribution < -0.4 is 11.2 Å². The second-order valence-electron chi connectivity index (χ2n) is 9.15. The van der Waals surface area contributed by atoms with Crippen LogP contribution in [-0.2, 0) is 51.6 Å². The van der Waals surface area contributed by atoms with E-state index >= 15 is 0 Å². The first-order chi connectivity index (χ1) is 19.0. The summed E-state index contributed by atoms with van der Waals surface area (Å²) in [6, 6.07) is 1.17. The molecule has 0 aliphatic carbocycles. The number of hydrogen-bond acceptors (Lipinski definition) is 13. The highest BCUT2D eigenvalue weighted by atomic mass is 31.2. The Balaban J connectivity index is 1.94. The van der Waals surface area contributed by atoms with Crippen LogP contribution in [0.3, 0.4) is 0 Å². The number of hydrogen-bond donors (Lipinski definition) is 0. The smallest absolute Gasteiger partial charge is 0.370 e. The number of nitrogens with zero attached hydrogens (tertiary/aromatic N) is 2. The maximum atomic E-state index is 13.4. The Labute approximate surface area is 232 Å². The molecule has 16 heteroatoms. The van der Waals surface area contributed by atoms with Crippen LogP contribution in [0.2, 0.25) is 0 Å². The topological polar surface area (TPSA) is 161 Å². The van der Waals surface area contributed by atoms with Gasteiger partial charge in [-0.25, -0.2) is 14.2 Å². The molecule has 2 unspecified atom stereocenters. The van der Waals surface area contributed by atoms with Gasteiger partial charge in [-0.05, 0) is 41.5 Å². The Bertz CT molecular complexity index is 1160. The van der Waals surface area contributed by atoms with Gasteiger partial charge in [0.15, 0.2) is 12.0 Å². The molecule has 0 N–H and O–H groups in total. The van der Waals surface area contributed by atoms with E-state index in [1.165, 1.54) is 23.9 Å². The number of carbonyl (C=O) groups excluding carboxylic acids is 1. The average molecular weight is 595 g/mol. The first-order valence-corrected chi connectivity index (χ1v) is 14.7. The standard InChI is InChI=1S/C24H39N2O13P/c1-8-32-20(28)21(40(30,35-10-3)36-11-4)34-14-15-17-18(39-24(5,6)38-17)19(37-15)25-13-12-16(27)26(22(25)29)23(31-7)33-9-2/h12-13,15,17-19,21,23H,8-11,14H2,1-7H3/t15-,17-,18-,19-,21?,23?/m1/s1. The van der Waals surface area contributed by atoms with Gasteiger partial charge in [0.1, 0.15) is 18.3 Å². The summed E-state index contributed by atoms with van der Waals surface area (Å²) >= 11 is 0. The van der Waals surface area contributed by atoms with Crippen LogP contribution in [0.5, 0.6) is 0 Å². The third-order valence-corrected chi connectivity index (χ3v) is 8.15. The van der Waals surface area contributed by atoms with Crippen molar-refractivity contribution in [1.29, 1.82) is 0 Å². The molecule has 3 rings (SSSR count). The van der Waals surface area contributed by atoms with Gasteiger partial charge in [-0.2, -0.15) is 0 Å². The largest absolute Gasteiger partial charge is 0.464 e. The lowest BCUT2D eigenvalue weighted by molar-refractivity contribution is -0.205. The Kier molecular flexibility index (Phi) is 11.3. The number of esters is 1. The molecule has 1 aromatic heterocycles. The Hall–Kier alpha value is -1.94. The highest BCUT2D eigenvalue weighted by molar-refractivity contribution is 7.55. The van der Waals surface area contributed by atoms with Gasteiger partial charge >= 0.3 is 19.3 Å². The van der Waals surface area contributed by atoms with Gasteiger partial charge in [0.2, 0.25) is 0 Å². The molecule has 40 heavy (non-hydrogen) atoms. The molecule has 0 amide bonds. The predicted octanol–water partition coefficient (Wildman–Crippen LogP) is 1.74. The summed E-state index contributed by atoms with van der Waals surface area (Å²) in [6.07, 6.45) is -3.53. The highest BCUT2D eigenvalue weighted by Crippen LogP contribution is 2.54. The normalized spacial score (nSPS) is 25.5. The van der Waals surface area contributed by atoms with Crippen molar-refractivity contribution in [3.05, 3.63) is 33.1 Å². The highest BCUT2D eigenvalue weighted by Gasteiger charge is 2.57. The fraction of sp³-hybridized carbons (Fsp3) is 0.792. The number of rotatable bonds is 15. The minimum atomic E-state index is -4.09. The quantitative estimate of drug-likeness (QED) is 0.164. The Morgan fingerprint density at radius 2 is 1.68 bits per heavy atom. The zero-order valence-corrected chi connectivity index (χ0v) is 24.7. The van der Waals surface area contributed by atoms with Crippen molar-refractivity contribution in [3.63, 3.8) is 0 Å². The molecule has 1 aromatic rings. The summed E-state index contributed by atoms with van der Waals surface area (Å²) in [5.74, 6) is -3.67. The molecule has 15 nitrogen and oxygen atoms in total. The average Bonchev–Trinajstić information content (AvgIpc) is 3.37. The summed E-state index contributed by atoms with van der Waals surface area (Å²) in [5.41, 5.74) is -1.41. The van der Waals surface area contributed by atoms with E-state index in [2.05, 4.69) is 0 Å². The van der Waals surface area contributed by atoms with Crippen LogP contribution in [0.1, 0.15) is 54.2 Å². The Morgan fingerprint density at radius 3 is 2.25 bits per heavy atom. The zero-order valence-electron chi connectivity index (χ0n) is 23.8. The van der Waals surface area contributed by atoms with Crippen LogP contribution in [-0.4, -0.2) is 85.2 Å². The molecule has 2 aliphatic heterocycles. The number of methoxy groups -OCH3 is 1. The van der Waals surface area contributed by atoms with Crippen molar-refractivity contribution < 1.29 is 51.6 Å². The number of fused-ring (bicyclic) bond motifs is 1. The second kappa shape index (κ2) is 13.8. The van der Waals surface area contributed by atoms with Crippen molar-refractivity contribution in [1.82, 2.24) is 9.13 Å². The summed E-state index contributed by atoms with van der Waals surface area (Å²) in [7, 11) is -2.78. The van der Waals surface area contributed by atoms with E-state index in [4.69, 9.17) is 42.2 Å². The van der Waals surface area contributed by atoms with Gasteiger partial charge in [0.25, 0.3) is 17.8 Å². The molecule has 6 atom stereocenters. The fourth-order valence-electron chi connectivity index (χ4n) is 4.52. The number of carbonyl (C=O) groups is 1. The molecule has 0 radical (unpaired) electrons. The zero-order chi connectivity index (χ0) is 29.7. The van der Waals surface area contributed by atoms with E-state index in [-0.39, 0.29) is 33.0 Å². The van der Waals surface area contributed by atoms with Crippen LogP contribution in [0.15, 0.2) is 21.9 Å². The molecule has 2 aliphatic rings. The van der Waals surface area contributed by atoms with Crippen LogP contribution in [0.4, 0.5) is 0 Å². The minimum absolute atomic E-state index is 0.00275. The minimum Gasteiger partial charge on any atom is -0.464 e. The van der Waals surface area contributed by atoms with Crippen LogP contribution in [0.25, 0.3) is 0 Å². The van der Waals surface area contributed by atoms with Gasteiger partial charge in [-0.3, -0.25) is 13.9 Å². The van der Waals surface area contributed by atoms with Crippen molar-refractivity contribution in [2.24, 2.45) is 0 Å². The lowest BCUT2D eigenvalue weighted by atomic mass is 10.1. The van der Waals surface area contributed by atoms with Crippen LogP contribution >= 0.6 is 7.60 Å². The summed E-state index contributed by atoms with van der Waals surface area (Å²) in [4.78, 5) is 38.7. The molecule has 0 spiro atoms. The first kappa shape index (κ1) is 32.6. The fourth-order valence-corrected chi connectivity index (χ4v) is 6.19. The van der Waals surface area contributed by atoms with Crippen molar-refractivity contribution in [3.8, 4) is 0 Å². The van der Waals surface area contributed by atoms with Crippen molar-refractivity contribution >= 4 is 13.6 Å². The summed E-state index contributed by atoms with van der Waals surface area (Å²) in [6.45, 7) is 9.75. The monoisotopic (exact) mass is 594 g/mol. The molecular weight excluding hydrogens is 555 g/mol. The van der Waals surface area contributed by atoms with E-state index in [0.717, 1.165) is 4.57 Å². The summed E-state index contributed by atoms with van der Waals surface area (Å²) in [5, 5.41) is 0. The predicted molar refractivity (Wildman–Crippen MR) is 138 cm³/mol. The van der Waals surface area contributed by atoms with Crippen molar-refractivity contribution in [2.45, 2.75) is 84.1 Å². The molecule has 0 bridgehead atoms. The third-order valence-electron chi connectivity index (χ3n) is 5.98. The van der Waals surface area contributed by atoms with Gasteiger partial charge in [-0.1, -0.05) is 0 Å². The van der Waals surface area contributed by atoms with E-state index < -0.39 is 67.4 Å². The molecule has 0 aromatic carbocycles. The van der Waals surface area contributed by atoms with E-state index in [0.29, 0.717) is 0 Å². The summed E-state index contributed by atoms with van der Waals surface area (Å²) < 4.78 is 65.8. The van der Waals surface area contributed by atoms with Crippen LogP contribution in [0, 0.1) is 0 Å². The molecular formula is C24H39N2O13P. The van der Waals surface area contributed by atoms with E-state index in [1.54, 1.807) is 41.5 Å². The van der Waals surface area contributed by atoms with E-state index in [9.17, 15) is 18.9 Å². The van der Waals surface area contributed by atoms with E-state index in [1.807, 2.05) is 0 Å². The first-order valence-electron chi connectivity index (χ1n) is 13.1. The lowest BCUT2D eigenvalue weighted by Crippen LogP contribution is -2.45. The lowest BCUT2D eigenvalue weighted by Gasteiger charge is -2.28. The van der Waals surface area contributed by atoms with Gasteiger partial charge in [0, 0.05) is 26.0 Å². The Morgan fingerprint density at radius 1 is 1.02 bits per heavy atom. The molecule has 0 saturated carbocycles. The van der Waals surface area contributed by atoms with Gasteiger partial charge < -0.3 is 42.2 Å². The number of ether oxygens (including phenoxy) is 7. The third kappa shape index (κ3) is 6.92.